The highest BCUT2D eigenvalue weighted by atomic mass is 32.2. The molecule has 0 saturated heterocycles. The maximum absolute atomic E-state index is 4.54. The number of para-hydroxylation sites is 1. The van der Waals surface area contributed by atoms with Crippen LogP contribution in [0.2, 0.25) is 0 Å². The minimum Gasteiger partial charge on any atom is -0.355 e. The number of hydrogen-bond donors (Lipinski definition) is 2. The molecular weight excluding hydrogens is 366 g/mol. The third kappa shape index (κ3) is 3.01. The van der Waals surface area contributed by atoms with Crippen LogP contribution in [0.15, 0.2) is 77.4 Å². The predicted octanol–water partition coefficient (Wildman–Crippen LogP) is 4.27. The van der Waals surface area contributed by atoms with Crippen molar-refractivity contribution in [1.82, 2.24) is 20.3 Å². The summed E-state index contributed by atoms with van der Waals surface area (Å²) >= 11 is 1.67. The predicted molar refractivity (Wildman–Crippen MR) is 118 cm³/mol. The molecule has 5 nitrogen and oxygen atoms in total. The number of nitrogens with zero attached hydrogens (tertiary/aromatic N) is 3. The lowest BCUT2D eigenvalue weighted by Crippen LogP contribution is -2.31. The van der Waals surface area contributed by atoms with Gasteiger partial charge in [0.15, 0.2) is 5.50 Å². The van der Waals surface area contributed by atoms with Crippen LogP contribution in [-0.2, 0) is 7.05 Å². The van der Waals surface area contributed by atoms with Crippen LogP contribution in [0.5, 0.6) is 0 Å². The first kappa shape index (κ1) is 16.9. The number of aromatic nitrogens is 2. The van der Waals surface area contributed by atoms with Gasteiger partial charge in [-0.25, -0.2) is 0 Å². The lowest BCUT2D eigenvalue weighted by molar-refractivity contribution is 0.657. The van der Waals surface area contributed by atoms with Gasteiger partial charge in [-0.3, -0.25) is 10.4 Å². The lowest BCUT2D eigenvalue weighted by atomic mass is 10.2. The summed E-state index contributed by atoms with van der Waals surface area (Å²) in [5, 5.41) is 12.3. The molecule has 6 heteroatoms. The fourth-order valence-corrected chi connectivity index (χ4v) is 4.28. The van der Waals surface area contributed by atoms with Gasteiger partial charge in [-0.1, -0.05) is 60.3 Å². The standard InChI is InChI=1S/C22H19N5S/c1-27-20-10-6-5-9-17(20)18-11-16(23-13-21(18)27)12-24-26-22-25-19(14-28-22)15-7-3-2-4-8-15/h2-14,22,25-26H,1H3/b24-12+. The number of nitrogens with one attached hydrogen (secondary N) is 2. The normalized spacial score (nSPS) is 16.6. The van der Waals surface area contributed by atoms with Crippen molar-refractivity contribution in [2.75, 3.05) is 0 Å². The van der Waals surface area contributed by atoms with Gasteiger partial charge in [0, 0.05) is 23.3 Å². The van der Waals surface area contributed by atoms with E-state index in [1.54, 1.807) is 18.0 Å². The van der Waals surface area contributed by atoms with Crippen LogP contribution in [0.1, 0.15) is 11.3 Å². The molecule has 3 heterocycles. The Morgan fingerprint density at radius 3 is 2.79 bits per heavy atom. The highest BCUT2D eigenvalue weighted by molar-refractivity contribution is 8.03. The molecule has 0 radical (unpaired) electrons. The zero-order valence-corrected chi connectivity index (χ0v) is 16.1. The topological polar surface area (TPSA) is 54.2 Å². The van der Waals surface area contributed by atoms with E-state index in [1.165, 1.54) is 21.9 Å². The number of fused-ring (bicyclic) bond motifs is 3. The Bertz CT molecular complexity index is 1210. The Balaban J connectivity index is 1.31. The first-order chi connectivity index (χ1) is 13.8. The summed E-state index contributed by atoms with van der Waals surface area (Å²) in [7, 11) is 2.07. The lowest BCUT2D eigenvalue weighted by Gasteiger charge is -2.12. The minimum atomic E-state index is 0.00717. The van der Waals surface area contributed by atoms with E-state index >= 15 is 0 Å². The zero-order valence-electron chi connectivity index (χ0n) is 15.3. The Labute approximate surface area is 167 Å². The molecule has 1 aliphatic rings. The van der Waals surface area contributed by atoms with Crippen molar-refractivity contribution in [2.24, 2.45) is 12.1 Å². The van der Waals surface area contributed by atoms with Crippen LogP contribution in [0.25, 0.3) is 27.5 Å². The Morgan fingerprint density at radius 1 is 1.07 bits per heavy atom. The molecule has 0 fully saturated rings. The van der Waals surface area contributed by atoms with Crippen LogP contribution >= 0.6 is 11.8 Å². The molecule has 0 aliphatic carbocycles. The maximum atomic E-state index is 4.54. The van der Waals surface area contributed by atoms with Gasteiger partial charge >= 0.3 is 0 Å². The van der Waals surface area contributed by atoms with Crippen molar-refractivity contribution >= 4 is 45.5 Å². The molecule has 4 aromatic rings. The van der Waals surface area contributed by atoms with Crippen molar-refractivity contribution in [2.45, 2.75) is 5.50 Å². The number of hydrogen-bond acceptors (Lipinski definition) is 5. The second kappa shape index (κ2) is 7.05. The Kier molecular flexibility index (Phi) is 4.25. The Hall–Kier alpha value is -3.25. The zero-order chi connectivity index (χ0) is 18.9. The molecule has 2 aromatic heterocycles. The van der Waals surface area contributed by atoms with Gasteiger partial charge in [0.05, 0.1) is 29.3 Å². The van der Waals surface area contributed by atoms with Crippen LogP contribution < -0.4 is 10.7 Å². The molecule has 138 valence electrons. The molecule has 2 aromatic carbocycles. The van der Waals surface area contributed by atoms with E-state index in [1.807, 2.05) is 24.4 Å². The molecule has 0 amide bonds. The molecular formula is C22H19N5S. The number of thioether (sulfide) groups is 1. The summed E-state index contributed by atoms with van der Waals surface area (Å²) in [6.07, 6.45) is 3.68. The average Bonchev–Trinajstić information content (AvgIpc) is 3.33. The molecule has 1 aliphatic heterocycles. The van der Waals surface area contributed by atoms with Gasteiger partial charge in [0.1, 0.15) is 0 Å². The minimum absolute atomic E-state index is 0.00717. The monoisotopic (exact) mass is 385 g/mol. The first-order valence-electron chi connectivity index (χ1n) is 9.09. The van der Waals surface area contributed by atoms with Crippen molar-refractivity contribution in [3.05, 3.63) is 83.5 Å². The average molecular weight is 385 g/mol. The van der Waals surface area contributed by atoms with Gasteiger partial charge in [-0.05, 0) is 23.1 Å². The molecule has 5 rings (SSSR count). The quantitative estimate of drug-likeness (QED) is 0.407. The molecule has 0 saturated carbocycles. The van der Waals surface area contributed by atoms with Gasteiger partial charge in [-0.2, -0.15) is 5.10 Å². The van der Waals surface area contributed by atoms with Crippen molar-refractivity contribution < 1.29 is 0 Å². The molecule has 0 spiro atoms. The highest BCUT2D eigenvalue weighted by Gasteiger charge is 2.16. The summed E-state index contributed by atoms with van der Waals surface area (Å²) in [4.78, 5) is 4.54. The molecule has 0 bridgehead atoms. The van der Waals surface area contributed by atoms with Crippen molar-refractivity contribution in [3.63, 3.8) is 0 Å². The second-order valence-corrected chi connectivity index (χ2v) is 7.63. The van der Waals surface area contributed by atoms with Crippen LogP contribution in [-0.4, -0.2) is 21.3 Å². The van der Waals surface area contributed by atoms with E-state index in [4.69, 9.17) is 0 Å². The van der Waals surface area contributed by atoms with Crippen LogP contribution in [0.4, 0.5) is 0 Å². The van der Waals surface area contributed by atoms with E-state index in [0.29, 0.717) is 0 Å². The number of aryl methyl sites for hydroxylation is 1. The number of pyridine rings is 1. The largest absolute Gasteiger partial charge is 0.355 e. The maximum Gasteiger partial charge on any atom is 0.165 e. The summed E-state index contributed by atoms with van der Waals surface area (Å²) in [5.41, 5.74) is 8.59. The van der Waals surface area contributed by atoms with Crippen LogP contribution in [0.3, 0.4) is 0 Å². The van der Waals surface area contributed by atoms with Crippen LogP contribution in [0, 0.1) is 0 Å². The third-order valence-electron chi connectivity index (χ3n) is 4.90. The number of hydrazone groups is 1. The number of rotatable bonds is 4. The first-order valence-corrected chi connectivity index (χ1v) is 10.0. The van der Waals surface area contributed by atoms with Gasteiger partial charge in [0.2, 0.25) is 0 Å². The van der Waals surface area contributed by atoms with Gasteiger partial charge < -0.3 is 9.88 Å². The SMILES string of the molecule is Cn1c2ccccc2c2cc(/C=N/NC3NC(c4ccccc4)=CS3)ncc21. The third-order valence-corrected chi connectivity index (χ3v) is 5.77. The van der Waals surface area contributed by atoms with Gasteiger partial charge in [-0.15, -0.1) is 0 Å². The van der Waals surface area contributed by atoms with E-state index in [9.17, 15) is 0 Å². The van der Waals surface area contributed by atoms with E-state index < -0.39 is 0 Å². The molecule has 1 unspecified atom stereocenters. The fourth-order valence-electron chi connectivity index (χ4n) is 3.49. The second-order valence-electron chi connectivity index (χ2n) is 6.65. The highest BCUT2D eigenvalue weighted by Crippen LogP contribution is 2.28. The number of benzene rings is 2. The van der Waals surface area contributed by atoms with Gasteiger partial charge in [0.25, 0.3) is 0 Å². The summed E-state index contributed by atoms with van der Waals surface area (Å²) in [5.74, 6) is 0. The Morgan fingerprint density at radius 2 is 1.89 bits per heavy atom. The molecule has 2 N–H and O–H groups in total. The smallest absolute Gasteiger partial charge is 0.165 e. The van der Waals surface area contributed by atoms with Crippen molar-refractivity contribution in [1.29, 1.82) is 0 Å². The molecule has 1 atom stereocenters. The summed E-state index contributed by atoms with van der Waals surface area (Å²) in [6.45, 7) is 0. The summed E-state index contributed by atoms with van der Waals surface area (Å²) in [6, 6.07) is 20.8. The summed E-state index contributed by atoms with van der Waals surface area (Å²) < 4.78 is 2.17. The van der Waals surface area contributed by atoms with E-state index in [-0.39, 0.29) is 5.50 Å². The van der Waals surface area contributed by atoms with E-state index in [2.05, 4.69) is 80.3 Å². The molecule has 28 heavy (non-hydrogen) atoms. The van der Waals surface area contributed by atoms with Crippen molar-refractivity contribution in [3.8, 4) is 0 Å². The van der Waals surface area contributed by atoms with E-state index in [0.717, 1.165) is 16.9 Å². The fraction of sp³-hybridized carbons (Fsp3) is 0.0909.